The second kappa shape index (κ2) is 6.52. The summed E-state index contributed by atoms with van der Waals surface area (Å²) in [4.78, 5) is 0. The van der Waals surface area contributed by atoms with E-state index >= 15 is 0 Å². The van der Waals surface area contributed by atoms with Gasteiger partial charge in [0.05, 0.1) is 0 Å². The van der Waals surface area contributed by atoms with E-state index in [1.165, 1.54) is 0 Å². The molecule has 0 heterocycles. The summed E-state index contributed by atoms with van der Waals surface area (Å²) >= 11 is -0.931. The second-order valence-electron chi connectivity index (χ2n) is 0.513. The molecule has 0 spiro atoms. The Kier molecular flexibility index (Phi) is 9.88. The summed E-state index contributed by atoms with van der Waals surface area (Å²) in [6.07, 6.45) is 0. The van der Waals surface area contributed by atoms with E-state index in [0.717, 1.165) is 0 Å². The molecular formula is HCl3O3SZn. The van der Waals surface area contributed by atoms with E-state index in [9.17, 15) is 0 Å². The van der Waals surface area contributed by atoms with Gasteiger partial charge in [-0.15, -0.1) is 0 Å². The summed E-state index contributed by atoms with van der Waals surface area (Å²) in [5, 5.41) is 0. The van der Waals surface area contributed by atoms with Gasteiger partial charge in [0.15, 0.2) is 0 Å². The summed E-state index contributed by atoms with van der Waals surface area (Å²) in [5.74, 6) is 0. The van der Waals surface area contributed by atoms with Crippen molar-refractivity contribution in [3.05, 3.63) is 0 Å². The van der Waals surface area contributed by atoms with Gasteiger partial charge in [-0.05, 0) is 0 Å². The fourth-order valence-electron chi connectivity index (χ4n) is 0. The molecule has 0 aromatic carbocycles. The van der Waals surface area contributed by atoms with E-state index in [4.69, 9.17) is 32.4 Å². The molecule has 0 fully saturated rings. The molecule has 0 aromatic rings. The van der Waals surface area contributed by atoms with E-state index in [0.29, 0.717) is 0 Å². The van der Waals surface area contributed by atoms with Crippen molar-refractivity contribution in [3.8, 4) is 0 Å². The molecule has 0 aliphatic rings. The third-order valence-electron chi connectivity index (χ3n) is 0. The van der Waals surface area contributed by atoms with Crippen LogP contribution in [0, 0.1) is 0 Å². The van der Waals surface area contributed by atoms with Crippen molar-refractivity contribution in [2.75, 3.05) is 0 Å². The topological polar surface area (TPSA) is 54.4 Å². The molecule has 0 rings (SSSR count). The Morgan fingerprint density at radius 2 is 1.38 bits per heavy atom. The maximum absolute atomic E-state index is 8.95. The molecule has 8 heavy (non-hydrogen) atoms. The van der Waals surface area contributed by atoms with Crippen LogP contribution in [0.2, 0.25) is 0 Å². The van der Waals surface area contributed by atoms with Crippen LogP contribution in [0.15, 0.2) is 0 Å². The molecule has 0 atom stereocenters. The van der Waals surface area contributed by atoms with Crippen LogP contribution in [0.4, 0.5) is 0 Å². The predicted molar refractivity (Wildman–Crippen MR) is 29.1 cm³/mol. The standard InChI is InChI=1S/ClHO3S.2ClH.Zn/c1-5(2,3)4;;;/h(H,2,3,4);2*1H;/q;;;+2/p-2. The molecule has 8 heteroatoms. The Balaban J connectivity index is 0. The van der Waals surface area contributed by atoms with E-state index in [1.807, 2.05) is 0 Å². The molecule has 0 aromatic heterocycles. The third-order valence-corrected chi connectivity index (χ3v) is 0. The first-order valence-electron chi connectivity index (χ1n) is 1.20. The van der Waals surface area contributed by atoms with Gasteiger partial charge in [-0.2, -0.15) is 8.42 Å². The molecule has 0 bridgehead atoms. The number of hydrogen-bond acceptors (Lipinski definition) is 2. The summed E-state index contributed by atoms with van der Waals surface area (Å²) in [7, 11) is 9.77. The van der Waals surface area contributed by atoms with Crippen LogP contribution in [-0.2, 0) is 24.5 Å². The van der Waals surface area contributed by atoms with Gasteiger partial charge >= 0.3 is 43.9 Å². The Hall–Kier alpha value is 1.40. The normalized spacial score (nSPS) is 8.50. The maximum atomic E-state index is 8.95. The van der Waals surface area contributed by atoms with Gasteiger partial charge in [-0.1, -0.05) is 0 Å². The molecule has 0 aliphatic carbocycles. The molecular weight excluding hydrogens is 252 g/mol. The van der Waals surface area contributed by atoms with Crippen LogP contribution in [0.25, 0.3) is 0 Å². The first kappa shape index (κ1) is 12.1. The average Bonchev–Trinajstić information content (AvgIpc) is 1.27. The average molecular weight is 253 g/mol. The van der Waals surface area contributed by atoms with Gasteiger partial charge in [0.1, 0.15) is 0 Å². The number of hydrogen-bond donors (Lipinski definition) is 1. The van der Waals surface area contributed by atoms with Crippen LogP contribution >= 0.6 is 30.1 Å². The Labute approximate surface area is 67.2 Å². The molecule has 0 aliphatic heterocycles. The van der Waals surface area contributed by atoms with E-state index < -0.39 is 24.5 Å². The Morgan fingerprint density at radius 3 is 1.38 bits per heavy atom. The molecule has 0 unspecified atom stereocenters. The van der Waals surface area contributed by atoms with E-state index in [2.05, 4.69) is 10.7 Å². The zero-order chi connectivity index (χ0) is 7.21. The monoisotopic (exact) mass is 250 g/mol. The van der Waals surface area contributed by atoms with Crippen molar-refractivity contribution in [3.63, 3.8) is 0 Å². The van der Waals surface area contributed by atoms with Crippen molar-refractivity contribution in [2.24, 2.45) is 0 Å². The van der Waals surface area contributed by atoms with Crippen LogP contribution in [0.5, 0.6) is 0 Å². The van der Waals surface area contributed by atoms with Crippen molar-refractivity contribution in [1.82, 2.24) is 0 Å². The third kappa shape index (κ3) is 154. The minimum absolute atomic E-state index is 0.931. The summed E-state index contributed by atoms with van der Waals surface area (Å²) in [5.41, 5.74) is 0. The SMILES string of the molecule is O=S(=O)(O)Cl.[Cl][Zn][Cl]. The summed E-state index contributed by atoms with van der Waals surface area (Å²) in [6, 6.07) is 0. The minimum atomic E-state index is -4.19. The van der Waals surface area contributed by atoms with Crippen LogP contribution < -0.4 is 0 Å². The van der Waals surface area contributed by atoms with Gasteiger partial charge in [0, 0.05) is 10.7 Å². The van der Waals surface area contributed by atoms with Gasteiger partial charge < -0.3 is 0 Å². The van der Waals surface area contributed by atoms with E-state index in [1.54, 1.807) is 0 Å². The molecule has 0 saturated carbocycles. The first-order chi connectivity index (χ1) is 3.41. The van der Waals surface area contributed by atoms with Gasteiger partial charge in [0.2, 0.25) is 0 Å². The first-order valence-corrected chi connectivity index (χ1v) is 11.3. The fourth-order valence-corrected chi connectivity index (χ4v) is 0. The second-order valence-corrected chi connectivity index (χ2v) is 7.13. The van der Waals surface area contributed by atoms with Crippen LogP contribution in [0.1, 0.15) is 0 Å². The van der Waals surface area contributed by atoms with Gasteiger partial charge in [0.25, 0.3) is 0 Å². The van der Waals surface area contributed by atoms with E-state index in [-0.39, 0.29) is 0 Å². The number of halogens is 3. The van der Waals surface area contributed by atoms with Crippen molar-refractivity contribution < 1.29 is 28.1 Å². The molecule has 0 radical (unpaired) electrons. The Morgan fingerprint density at radius 1 is 1.38 bits per heavy atom. The number of rotatable bonds is 0. The van der Waals surface area contributed by atoms with Crippen molar-refractivity contribution >= 4 is 39.4 Å². The molecule has 0 amide bonds. The zero-order valence-corrected chi connectivity index (χ0v) is 9.56. The molecule has 1 N–H and O–H groups in total. The summed E-state index contributed by atoms with van der Waals surface area (Å²) < 4.78 is 25.2. The van der Waals surface area contributed by atoms with Gasteiger partial charge in [-0.25, -0.2) is 0 Å². The predicted octanol–water partition coefficient (Wildman–Crippen LogP) is 1.40. The molecule has 48 valence electrons. The van der Waals surface area contributed by atoms with Crippen molar-refractivity contribution in [2.45, 2.75) is 0 Å². The van der Waals surface area contributed by atoms with Crippen molar-refractivity contribution in [1.29, 1.82) is 0 Å². The van der Waals surface area contributed by atoms with Crippen LogP contribution in [-0.4, -0.2) is 13.0 Å². The van der Waals surface area contributed by atoms with Gasteiger partial charge in [-0.3, -0.25) is 4.55 Å². The van der Waals surface area contributed by atoms with Crippen LogP contribution in [0.3, 0.4) is 0 Å². The molecule has 0 saturated heterocycles. The summed E-state index contributed by atoms with van der Waals surface area (Å²) in [6.45, 7) is 0. The Bertz CT molecular complexity index is 108. The fraction of sp³-hybridized carbons (Fsp3) is 0. The zero-order valence-electron chi connectivity index (χ0n) is 3.51. The molecule has 3 nitrogen and oxygen atoms in total. The quantitative estimate of drug-likeness (QED) is 0.403.